The van der Waals surface area contributed by atoms with Crippen LogP contribution in [0.15, 0.2) is 0 Å². The maximum Gasteiger partial charge on any atom is 0.133 e. The van der Waals surface area contributed by atoms with Crippen molar-refractivity contribution in [3.63, 3.8) is 0 Å². The van der Waals surface area contributed by atoms with E-state index in [1.54, 1.807) is 0 Å². The molecule has 0 aromatic carbocycles. The molecular weight excluding hydrogens is 202 g/mol. The Kier molecular flexibility index (Phi) is 3.59. The Morgan fingerprint density at radius 3 is 3.00 bits per heavy atom. The van der Waals surface area contributed by atoms with Gasteiger partial charge in [0.25, 0.3) is 0 Å². The van der Waals surface area contributed by atoms with Gasteiger partial charge in [0.1, 0.15) is 11.6 Å². The van der Waals surface area contributed by atoms with E-state index in [0.29, 0.717) is 11.8 Å². The van der Waals surface area contributed by atoms with Gasteiger partial charge in [0.2, 0.25) is 0 Å². The summed E-state index contributed by atoms with van der Waals surface area (Å²) in [5.41, 5.74) is 0. The summed E-state index contributed by atoms with van der Waals surface area (Å²) in [7, 11) is 0. The first-order valence-electron chi connectivity index (χ1n) is 6.26. The summed E-state index contributed by atoms with van der Waals surface area (Å²) in [6.45, 7) is 5.62. The van der Waals surface area contributed by atoms with E-state index >= 15 is 0 Å². The predicted molar refractivity (Wildman–Crippen MR) is 62.1 cm³/mol. The SMILES string of the molecule is CCC(C)Cc1nnc2n1CC(CO)CC2. The van der Waals surface area contributed by atoms with Crippen LogP contribution in [0.25, 0.3) is 0 Å². The molecule has 0 aliphatic carbocycles. The van der Waals surface area contributed by atoms with E-state index in [2.05, 4.69) is 28.6 Å². The third-order valence-corrected chi connectivity index (χ3v) is 3.61. The molecule has 1 N–H and O–H groups in total. The number of hydrogen-bond acceptors (Lipinski definition) is 3. The lowest BCUT2D eigenvalue weighted by Crippen LogP contribution is -2.24. The molecule has 2 atom stereocenters. The number of hydrogen-bond donors (Lipinski definition) is 1. The van der Waals surface area contributed by atoms with Crippen molar-refractivity contribution >= 4 is 0 Å². The van der Waals surface area contributed by atoms with Gasteiger partial charge < -0.3 is 9.67 Å². The number of aliphatic hydroxyl groups is 1. The summed E-state index contributed by atoms with van der Waals surface area (Å²) in [4.78, 5) is 0. The van der Waals surface area contributed by atoms with Crippen LogP contribution in [0.1, 0.15) is 38.3 Å². The quantitative estimate of drug-likeness (QED) is 0.840. The average Bonchev–Trinajstić information content (AvgIpc) is 2.71. The summed E-state index contributed by atoms with van der Waals surface area (Å²) < 4.78 is 2.22. The molecule has 90 valence electrons. The van der Waals surface area contributed by atoms with Gasteiger partial charge in [-0.3, -0.25) is 0 Å². The number of aliphatic hydroxyl groups excluding tert-OH is 1. The molecule has 16 heavy (non-hydrogen) atoms. The van der Waals surface area contributed by atoms with Gasteiger partial charge in [-0.25, -0.2) is 0 Å². The second-order valence-corrected chi connectivity index (χ2v) is 4.95. The molecule has 0 amide bonds. The van der Waals surface area contributed by atoms with Crippen molar-refractivity contribution in [1.82, 2.24) is 14.8 Å². The minimum Gasteiger partial charge on any atom is -0.396 e. The highest BCUT2D eigenvalue weighted by Gasteiger charge is 2.22. The molecule has 4 heteroatoms. The number of fused-ring (bicyclic) bond motifs is 1. The van der Waals surface area contributed by atoms with Gasteiger partial charge in [-0.1, -0.05) is 20.3 Å². The second-order valence-electron chi connectivity index (χ2n) is 4.95. The first-order valence-corrected chi connectivity index (χ1v) is 6.26. The van der Waals surface area contributed by atoms with Crippen molar-refractivity contribution in [3.8, 4) is 0 Å². The van der Waals surface area contributed by atoms with Gasteiger partial charge in [0.15, 0.2) is 0 Å². The first-order chi connectivity index (χ1) is 7.74. The normalized spacial score (nSPS) is 21.8. The molecule has 1 aromatic heterocycles. The van der Waals surface area contributed by atoms with Crippen LogP contribution in [0.3, 0.4) is 0 Å². The molecule has 2 rings (SSSR count). The van der Waals surface area contributed by atoms with Crippen molar-refractivity contribution < 1.29 is 5.11 Å². The lowest BCUT2D eigenvalue weighted by atomic mass is 9.99. The van der Waals surface area contributed by atoms with E-state index in [-0.39, 0.29) is 6.61 Å². The molecule has 0 bridgehead atoms. The van der Waals surface area contributed by atoms with Gasteiger partial charge in [-0.15, -0.1) is 10.2 Å². The number of aromatic nitrogens is 3. The van der Waals surface area contributed by atoms with Crippen molar-refractivity contribution in [1.29, 1.82) is 0 Å². The zero-order valence-electron chi connectivity index (χ0n) is 10.2. The molecule has 1 aliphatic heterocycles. The maximum absolute atomic E-state index is 9.22. The Labute approximate surface area is 96.7 Å². The Morgan fingerprint density at radius 1 is 1.50 bits per heavy atom. The molecule has 0 spiro atoms. The maximum atomic E-state index is 9.22. The van der Waals surface area contributed by atoms with Crippen molar-refractivity contribution in [2.45, 2.75) is 46.1 Å². The van der Waals surface area contributed by atoms with Gasteiger partial charge in [-0.05, 0) is 12.3 Å². The monoisotopic (exact) mass is 223 g/mol. The first kappa shape index (κ1) is 11.6. The highest BCUT2D eigenvalue weighted by atomic mass is 16.3. The number of rotatable bonds is 4. The van der Waals surface area contributed by atoms with Gasteiger partial charge in [-0.2, -0.15) is 0 Å². The summed E-state index contributed by atoms with van der Waals surface area (Å²) in [6, 6.07) is 0. The highest BCUT2D eigenvalue weighted by Crippen LogP contribution is 2.21. The van der Waals surface area contributed by atoms with E-state index in [0.717, 1.165) is 37.5 Å². The van der Waals surface area contributed by atoms with Crippen LogP contribution in [0, 0.1) is 11.8 Å². The molecule has 1 aromatic rings. The van der Waals surface area contributed by atoms with Gasteiger partial charge in [0.05, 0.1) is 0 Å². The lowest BCUT2D eigenvalue weighted by Gasteiger charge is -2.23. The smallest absolute Gasteiger partial charge is 0.133 e. The molecule has 1 aliphatic rings. The minimum atomic E-state index is 0.278. The molecule has 4 nitrogen and oxygen atoms in total. The van der Waals surface area contributed by atoms with Gasteiger partial charge in [0, 0.05) is 31.9 Å². The van der Waals surface area contributed by atoms with Crippen LogP contribution in [0.2, 0.25) is 0 Å². The van der Waals surface area contributed by atoms with Crippen molar-refractivity contribution in [3.05, 3.63) is 11.6 Å². The Balaban J connectivity index is 2.13. The van der Waals surface area contributed by atoms with Crippen molar-refractivity contribution in [2.24, 2.45) is 11.8 Å². The Hall–Kier alpha value is -0.900. The largest absolute Gasteiger partial charge is 0.396 e. The standard InChI is InChI=1S/C12H21N3O/c1-3-9(2)6-12-14-13-11-5-4-10(8-16)7-15(11)12/h9-10,16H,3-8H2,1-2H3. The van der Waals surface area contributed by atoms with E-state index < -0.39 is 0 Å². The van der Waals surface area contributed by atoms with E-state index in [1.807, 2.05) is 0 Å². The molecule has 0 saturated carbocycles. The number of aryl methyl sites for hydroxylation is 1. The average molecular weight is 223 g/mol. The Morgan fingerprint density at radius 2 is 2.31 bits per heavy atom. The topological polar surface area (TPSA) is 50.9 Å². The fourth-order valence-electron chi connectivity index (χ4n) is 2.21. The summed E-state index contributed by atoms with van der Waals surface area (Å²) in [5, 5.41) is 17.7. The van der Waals surface area contributed by atoms with Gasteiger partial charge >= 0.3 is 0 Å². The van der Waals surface area contributed by atoms with E-state index in [4.69, 9.17) is 0 Å². The van der Waals surface area contributed by atoms with Crippen molar-refractivity contribution in [2.75, 3.05) is 6.61 Å². The molecular formula is C12H21N3O. The fourth-order valence-corrected chi connectivity index (χ4v) is 2.21. The summed E-state index contributed by atoms with van der Waals surface area (Å²) in [6.07, 6.45) is 4.17. The summed E-state index contributed by atoms with van der Waals surface area (Å²) in [5.74, 6) is 3.24. The molecule has 0 fully saturated rings. The predicted octanol–water partition coefficient (Wildman–Crippen LogP) is 1.42. The van der Waals surface area contributed by atoms with Crippen LogP contribution in [0.5, 0.6) is 0 Å². The molecule has 0 saturated heterocycles. The van der Waals surface area contributed by atoms with Crippen LogP contribution in [-0.4, -0.2) is 26.5 Å². The zero-order valence-corrected chi connectivity index (χ0v) is 10.2. The van der Waals surface area contributed by atoms with E-state index in [1.165, 1.54) is 6.42 Å². The minimum absolute atomic E-state index is 0.278. The van der Waals surface area contributed by atoms with E-state index in [9.17, 15) is 5.11 Å². The van der Waals surface area contributed by atoms with Crippen LogP contribution in [-0.2, 0) is 19.4 Å². The molecule has 2 heterocycles. The highest BCUT2D eigenvalue weighted by molar-refractivity contribution is 5.00. The third-order valence-electron chi connectivity index (χ3n) is 3.61. The van der Waals surface area contributed by atoms with Crippen LogP contribution >= 0.6 is 0 Å². The zero-order chi connectivity index (χ0) is 11.5. The Bertz CT molecular complexity index is 348. The fraction of sp³-hybridized carbons (Fsp3) is 0.833. The summed E-state index contributed by atoms with van der Waals surface area (Å²) >= 11 is 0. The number of nitrogens with zero attached hydrogens (tertiary/aromatic N) is 3. The second kappa shape index (κ2) is 4.95. The van der Waals surface area contributed by atoms with Crippen LogP contribution in [0.4, 0.5) is 0 Å². The molecule has 0 radical (unpaired) electrons. The lowest BCUT2D eigenvalue weighted by molar-refractivity contribution is 0.189. The van der Waals surface area contributed by atoms with Crippen LogP contribution < -0.4 is 0 Å². The third kappa shape index (κ3) is 2.26. The molecule has 2 unspecified atom stereocenters.